The third-order valence-corrected chi connectivity index (χ3v) is 9.80. The maximum atomic E-state index is 14.2. The molecular formula is C27H28N2O6S. The van der Waals surface area contributed by atoms with Gasteiger partial charge < -0.3 is 14.8 Å². The molecular weight excluding hydrogens is 480 g/mol. The number of piperidine rings is 1. The topological polar surface area (TPSA) is 114 Å². The van der Waals surface area contributed by atoms with E-state index in [0.29, 0.717) is 35.7 Å². The Kier molecular flexibility index (Phi) is 6.23. The van der Waals surface area contributed by atoms with Gasteiger partial charge in [-0.3, -0.25) is 10.0 Å². The zero-order valence-corrected chi connectivity index (χ0v) is 20.7. The van der Waals surface area contributed by atoms with E-state index in [0.717, 1.165) is 18.7 Å². The molecule has 1 spiro atoms. The van der Waals surface area contributed by atoms with Crippen LogP contribution in [0, 0.1) is 0 Å². The molecule has 1 fully saturated rings. The number of ether oxygens (including phenoxy) is 2. The Hall–Kier alpha value is -3.40. The van der Waals surface area contributed by atoms with Crippen molar-refractivity contribution in [1.82, 2.24) is 10.8 Å². The van der Waals surface area contributed by atoms with E-state index in [1.807, 2.05) is 12.1 Å². The van der Waals surface area contributed by atoms with Crippen LogP contribution in [0.5, 0.6) is 17.2 Å². The molecule has 1 unspecified atom stereocenters. The summed E-state index contributed by atoms with van der Waals surface area (Å²) >= 11 is 0. The molecule has 1 saturated heterocycles. The lowest BCUT2D eigenvalue weighted by Gasteiger charge is -2.37. The van der Waals surface area contributed by atoms with Gasteiger partial charge in [-0.1, -0.05) is 24.3 Å². The molecule has 188 valence electrons. The van der Waals surface area contributed by atoms with Gasteiger partial charge in [0.15, 0.2) is 14.6 Å². The van der Waals surface area contributed by atoms with Gasteiger partial charge in [0.1, 0.15) is 17.2 Å². The Morgan fingerprint density at radius 1 is 0.889 bits per heavy atom. The fourth-order valence-electron chi connectivity index (χ4n) is 5.64. The third kappa shape index (κ3) is 3.75. The average Bonchev–Trinajstić information content (AvgIpc) is 3.20. The first-order valence-corrected chi connectivity index (χ1v) is 13.3. The lowest BCUT2D eigenvalue weighted by atomic mass is 9.74. The summed E-state index contributed by atoms with van der Waals surface area (Å²) < 4.78 is 37.5. The smallest absolute Gasteiger partial charge is 0.269 e. The van der Waals surface area contributed by atoms with E-state index in [4.69, 9.17) is 9.47 Å². The summed E-state index contributed by atoms with van der Waals surface area (Å²) in [6.45, 7) is 1.45. The molecule has 0 aromatic heterocycles. The van der Waals surface area contributed by atoms with Crippen molar-refractivity contribution in [2.75, 3.05) is 20.2 Å². The van der Waals surface area contributed by atoms with Crippen molar-refractivity contribution in [1.29, 1.82) is 0 Å². The number of carbonyl (C=O) groups is 1. The van der Waals surface area contributed by atoms with Crippen molar-refractivity contribution in [3.63, 3.8) is 0 Å². The molecule has 2 aliphatic rings. The average molecular weight is 509 g/mol. The second kappa shape index (κ2) is 9.24. The fraction of sp³-hybridized carbons (Fsp3) is 0.296. The number of benzene rings is 3. The van der Waals surface area contributed by atoms with Gasteiger partial charge in [-0.05, 0) is 92.0 Å². The van der Waals surface area contributed by atoms with Crippen LogP contribution in [0.1, 0.15) is 30.4 Å². The molecule has 0 saturated carbocycles. The van der Waals surface area contributed by atoms with E-state index in [1.54, 1.807) is 61.1 Å². The predicted molar refractivity (Wildman–Crippen MR) is 133 cm³/mol. The van der Waals surface area contributed by atoms with Crippen molar-refractivity contribution in [3.05, 3.63) is 83.9 Å². The number of hydrogen-bond donors (Lipinski definition) is 3. The van der Waals surface area contributed by atoms with Crippen molar-refractivity contribution in [2.45, 2.75) is 34.3 Å². The van der Waals surface area contributed by atoms with Gasteiger partial charge >= 0.3 is 0 Å². The molecule has 8 nitrogen and oxygen atoms in total. The summed E-state index contributed by atoms with van der Waals surface area (Å²) in [4.78, 5) is 13.3. The van der Waals surface area contributed by atoms with E-state index in [1.165, 1.54) is 12.1 Å². The second-order valence-electron chi connectivity index (χ2n) is 9.27. The quantitative estimate of drug-likeness (QED) is 0.344. The zero-order chi connectivity index (χ0) is 25.4. The molecule has 1 heterocycles. The SMILES string of the molecule is COc1ccc(Oc2ccc(S(=O)(=O)C3(C(=O)NO)CC4(CCNCC4)c4ccccc43)cc2)cc1. The summed E-state index contributed by atoms with van der Waals surface area (Å²) in [5.74, 6) is 0.769. The molecule has 3 aromatic carbocycles. The summed E-state index contributed by atoms with van der Waals surface area (Å²) in [6.07, 6.45) is 1.48. The highest BCUT2D eigenvalue weighted by molar-refractivity contribution is 7.93. The molecule has 36 heavy (non-hydrogen) atoms. The first kappa shape index (κ1) is 24.3. The Balaban J connectivity index is 1.54. The van der Waals surface area contributed by atoms with Gasteiger partial charge in [0, 0.05) is 5.41 Å². The maximum Gasteiger partial charge on any atom is 0.269 e. The number of nitrogens with one attached hydrogen (secondary N) is 2. The van der Waals surface area contributed by atoms with Gasteiger partial charge in [0.25, 0.3) is 5.91 Å². The van der Waals surface area contributed by atoms with Gasteiger partial charge in [-0.2, -0.15) is 0 Å². The molecule has 0 bridgehead atoms. The summed E-state index contributed by atoms with van der Waals surface area (Å²) in [5, 5.41) is 13.0. The van der Waals surface area contributed by atoms with E-state index in [2.05, 4.69) is 5.32 Å². The minimum atomic E-state index is -4.26. The van der Waals surface area contributed by atoms with Crippen LogP contribution in [0.15, 0.2) is 77.7 Å². The number of hydrogen-bond acceptors (Lipinski definition) is 7. The first-order valence-electron chi connectivity index (χ1n) is 11.8. The number of fused-ring (bicyclic) bond motifs is 2. The predicted octanol–water partition coefficient (Wildman–Crippen LogP) is 3.69. The summed E-state index contributed by atoms with van der Waals surface area (Å²) in [7, 11) is -2.69. The molecule has 3 aromatic rings. The van der Waals surface area contributed by atoms with Crippen LogP contribution in [0.25, 0.3) is 0 Å². The van der Waals surface area contributed by atoms with E-state index in [9.17, 15) is 18.4 Å². The normalized spacial score (nSPS) is 20.5. The minimum Gasteiger partial charge on any atom is -0.497 e. The van der Waals surface area contributed by atoms with Gasteiger partial charge in [-0.15, -0.1) is 0 Å². The molecule has 1 aliphatic carbocycles. The highest BCUT2D eigenvalue weighted by Crippen LogP contribution is 2.57. The maximum absolute atomic E-state index is 14.2. The van der Waals surface area contributed by atoms with Crippen LogP contribution in [0.3, 0.4) is 0 Å². The van der Waals surface area contributed by atoms with Crippen molar-refractivity contribution in [2.24, 2.45) is 0 Å². The highest BCUT2D eigenvalue weighted by atomic mass is 32.2. The van der Waals surface area contributed by atoms with Crippen LogP contribution in [0.4, 0.5) is 0 Å². The van der Waals surface area contributed by atoms with Crippen LogP contribution < -0.4 is 20.3 Å². The van der Waals surface area contributed by atoms with Crippen LogP contribution in [-0.2, 0) is 24.8 Å². The summed E-state index contributed by atoms with van der Waals surface area (Å²) in [6, 6.07) is 20.2. The van der Waals surface area contributed by atoms with Gasteiger partial charge in [-0.25, -0.2) is 13.9 Å². The molecule has 0 radical (unpaired) electrons. The molecule has 1 atom stereocenters. The van der Waals surface area contributed by atoms with Crippen LogP contribution in [0.2, 0.25) is 0 Å². The standard InChI is InChI=1S/C27H28N2O6S/c1-34-19-6-8-20(9-7-19)35-21-10-12-22(13-11-21)36(32,33)27(25(30)29-31)18-26(14-16-28-17-15-26)23-4-2-3-5-24(23)27/h2-13,28,31H,14-18H2,1H3,(H,29,30). The molecule has 3 N–H and O–H groups in total. The van der Waals surface area contributed by atoms with Crippen molar-refractivity contribution < 1.29 is 27.9 Å². The number of carbonyl (C=O) groups excluding carboxylic acids is 1. The Morgan fingerprint density at radius 3 is 2.03 bits per heavy atom. The fourth-order valence-corrected chi connectivity index (χ4v) is 7.76. The molecule has 1 amide bonds. The van der Waals surface area contributed by atoms with Crippen molar-refractivity contribution in [3.8, 4) is 17.2 Å². The minimum absolute atomic E-state index is 0.0195. The number of rotatable bonds is 6. The molecule has 1 aliphatic heterocycles. The lowest BCUT2D eigenvalue weighted by Crippen LogP contribution is -2.50. The largest absolute Gasteiger partial charge is 0.497 e. The summed E-state index contributed by atoms with van der Waals surface area (Å²) in [5.41, 5.74) is 2.49. The first-order chi connectivity index (χ1) is 17.4. The third-order valence-electron chi connectivity index (χ3n) is 7.44. The molecule has 5 rings (SSSR count). The Bertz CT molecular complexity index is 1370. The number of hydroxylamine groups is 1. The number of methoxy groups -OCH3 is 1. The molecule has 9 heteroatoms. The second-order valence-corrected chi connectivity index (χ2v) is 11.4. The Labute approximate surface area is 210 Å². The number of sulfone groups is 1. The number of amides is 1. The van der Waals surface area contributed by atoms with Gasteiger partial charge in [0.05, 0.1) is 12.0 Å². The van der Waals surface area contributed by atoms with E-state index < -0.39 is 25.9 Å². The highest BCUT2D eigenvalue weighted by Gasteiger charge is 2.63. The van der Waals surface area contributed by atoms with E-state index in [-0.39, 0.29) is 11.3 Å². The lowest BCUT2D eigenvalue weighted by molar-refractivity contribution is -0.132. The Morgan fingerprint density at radius 2 is 1.44 bits per heavy atom. The van der Waals surface area contributed by atoms with Gasteiger partial charge in [0.2, 0.25) is 0 Å². The van der Waals surface area contributed by atoms with Crippen LogP contribution >= 0.6 is 0 Å². The van der Waals surface area contributed by atoms with Crippen LogP contribution in [-0.4, -0.2) is 39.7 Å². The van der Waals surface area contributed by atoms with E-state index >= 15 is 0 Å². The monoisotopic (exact) mass is 508 g/mol. The zero-order valence-electron chi connectivity index (χ0n) is 19.9. The van der Waals surface area contributed by atoms with Crippen molar-refractivity contribution >= 4 is 15.7 Å².